The first-order valence-corrected chi connectivity index (χ1v) is 14.7. The highest BCUT2D eigenvalue weighted by Crippen LogP contribution is 2.34. The summed E-state index contributed by atoms with van der Waals surface area (Å²) in [5, 5.41) is 22.4. The van der Waals surface area contributed by atoms with Crippen molar-refractivity contribution in [1.29, 1.82) is 0 Å². The summed E-state index contributed by atoms with van der Waals surface area (Å²) in [5.41, 5.74) is 0.930. The van der Waals surface area contributed by atoms with Gasteiger partial charge < -0.3 is 29.3 Å². The van der Waals surface area contributed by atoms with Gasteiger partial charge in [-0.15, -0.1) is 0 Å². The Kier molecular flexibility index (Phi) is 13.3. The summed E-state index contributed by atoms with van der Waals surface area (Å²) in [7, 11) is 3.84. The van der Waals surface area contributed by atoms with Gasteiger partial charge in [-0.1, -0.05) is 58.8 Å². The molecule has 2 rings (SSSR count). The van der Waals surface area contributed by atoms with Crippen molar-refractivity contribution in [3.63, 3.8) is 0 Å². The van der Waals surface area contributed by atoms with Crippen LogP contribution in [-0.2, 0) is 23.8 Å². The van der Waals surface area contributed by atoms with E-state index in [-0.39, 0.29) is 48.2 Å². The number of ketones is 1. The number of esters is 1. The minimum absolute atomic E-state index is 0.0293. The zero-order valence-electron chi connectivity index (χ0n) is 25.5. The smallest absolute Gasteiger partial charge is 0.308 e. The van der Waals surface area contributed by atoms with E-state index < -0.39 is 36.5 Å². The highest BCUT2D eigenvalue weighted by atomic mass is 16.7. The molecule has 0 aromatic heterocycles. The van der Waals surface area contributed by atoms with Gasteiger partial charge >= 0.3 is 5.97 Å². The van der Waals surface area contributed by atoms with Crippen LogP contribution in [0, 0.1) is 23.7 Å². The molecule has 0 aromatic rings. The number of nitrogens with zero attached hydrogens (tertiary/aromatic N) is 1. The monoisotopic (exact) mass is 551 g/mol. The van der Waals surface area contributed by atoms with Crippen LogP contribution in [0.4, 0.5) is 0 Å². The number of carbonyl (C=O) groups excluding carboxylic acids is 2. The molecule has 39 heavy (non-hydrogen) atoms. The van der Waals surface area contributed by atoms with Gasteiger partial charge in [0.05, 0.1) is 24.7 Å². The first-order valence-electron chi connectivity index (χ1n) is 14.7. The Morgan fingerprint density at radius 2 is 1.69 bits per heavy atom. The van der Waals surface area contributed by atoms with Crippen molar-refractivity contribution >= 4 is 11.8 Å². The first kappa shape index (κ1) is 33.6. The third-order valence-corrected chi connectivity index (χ3v) is 8.51. The van der Waals surface area contributed by atoms with Crippen LogP contribution in [0.2, 0.25) is 0 Å². The normalized spacial score (nSPS) is 42.1. The van der Waals surface area contributed by atoms with Crippen LogP contribution in [0.3, 0.4) is 0 Å². The molecule has 1 fully saturated rings. The Balaban J connectivity index is 2.43. The number of likely N-dealkylation sites (N-methyl/N-ethyl adjacent to an activating group) is 1. The van der Waals surface area contributed by atoms with E-state index in [0.29, 0.717) is 25.7 Å². The van der Waals surface area contributed by atoms with Crippen LogP contribution in [0.25, 0.3) is 0 Å². The van der Waals surface area contributed by atoms with E-state index in [1.807, 2.05) is 79.6 Å². The van der Waals surface area contributed by atoms with E-state index >= 15 is 0 Å². The summed E-state index contributed by atoms with van der Waals surface area (Å²) >= 11 is 0. The first-order chi connectivity index (χ1) is 18.3. The van der Waals surface area contributed by atoms with Crippen molar-refractivity contribution in [2.24, 2.45) is 23.7 Å². The van der Waals surface area contributed by atoms with Crippen molar-refractivity contribution in [2.75, 3.05) is 14.1 Å². The predicted octanol–water partition coefficient (Wildman–Crippen LogP) is 4.28. The van der Waals surface area contributed by atoms with Crippen molar-refractivity contribution in [3.05, 3.63) is 23.8 Å². The van der Waals surface area contributed by atoms with Crippen LogP contribution in [0.5, 0.6) is 0 Å². The molecule has 0 saturated carbocycles. The van der Waals surface area contributed by atoms with E-state index in [2.05, 4.69) is 0 Å². The van der Waals surface area contributed by atoms with Gasteiger partial charge in [0.2, 0.25) is 0 Å². The molecule has 224 valence electrons. The second-order valence-corrected chi connectivity index (χ2v) is 12.1. The number of hydrogen-bond acceptors (Lipinski definition) is 8. The lowest BCUT2D eigenvalue weighted by atomic mass is 9.80. The van der Waals surface area contributed by atoms with E-state index in [1.54, 1.807) is 6.08 Å². The van der Waals surface area contributed by atoms with Gasteiger partial charge in [-0.25, -0.2) is 0 Å². The molecule has 2 aliphatic heterocycles. The molecule has 2 aliphatic rings. The van der Waals surface area contributed by atoms with Gasteiger partial charge in [0.1, 0.15) is 12.2 Å². The Labute approximate surface area is 235 Å². The summed E-state index contributed by atoms with van der Waals surface area (Å²) in [4.78, 5) is 28.0. The minimum atomic E-state index is -1.02. The van der Waals surface area contributed by atoms with Gasteiger partial charge in [-0.2, -0.15) is 0 Å². The number of cyclic esters (lactones) is 1. The maximum absolute atomic E-state index is 13.1. The average Bonchev–Trinajstić information content (AvgIpc) is 2.87. The highest BCUT2D eigenvalue weighted by Gasteiger charge is 2.43. The zero-order chi connectivity index (χ0) is 29.4. The number of aliphatic hydroxyl groups is 2. The summed E-state index contributed by atoms with van der Waals surface area (Å²) < 4.78 is 18.4. The fraction of sp³-hybridized carbons (Fsp3) is 0.806. The number of hydrogen-bond donors (Lipinski definition) is 2. The van der Waals surface area contributed by atoms with Gasteiger partial charge in [0, 0.05) is 23.8 Å². The van der Waals surface area contributed by atoms with Crippen LogP contribution in [0.1, 0.15) is 80.6 Å². The largest absolute Gasteiger partial charge is 0.462 e. The second-order valence-electron chi connectivity index (χ2n) is 12.1. The summed E-state index contributed by atoms with van der Waals surface area (Å²) in [6.45, 7) is 13.6. The SMILES string of the molecule is CC[C@H]1C[C@@H](C)C(=O)/C=C/C(C)=C/[C@H](C)[C@@H](CC)OC(=O)C[C@@H](O)[C@H](C)[C@H]1O[C@H]1O[C@@H](C)C[C@@H](N(C)C)[C@@H]1O. The summed E-state index contributed by atoms with van der Waals surface area (Å²) in [6.07, 6.45) is 4.02. The van der Waals surface area contributed by atoms with E-state index in [1.165, 1.54) is 0 Å². The van der Waals surface area contributed by atoms with Crippen molar-refractivity contribution in [2.45, 2.75) is 123 Å². The van der Waals surface area contributed by atoms with E-state index in [9.17, 15) is 19.8 Å². The topological polar surface area (TPSA) is 106 Å². The van der Waals surface area contributed by atoms with E-state index in [4.69, 9.17) is 14.2 Å². The number of aliphatic hydroxyl groups excluding tert-OH is 2. The number of ether oxygens (including phenoxy) is 3. The van der Waals surface area contributed by atoms with Crippen LogP contribution in [0.15, 0.2) is 23.8 Å². The number of rotatable bonds is 5. The molecule has 0 aromatic carbocycles. The standard InChI is InChI=1S/C31H53NO7/c1-10-23-15-19(4)25(33)13-12-18(3)14-20(5)27(11-2)38-28(35)17-26(34)22(7)30(23)39-31-29(36)24(32(8)9)16-21(6)37-31/h12-14,19-24,26-27,29-31,34,36H,10-11,15-17H2,1-9H3/b13-12+,18-14+/t19-,20+,21+,22+,23+,24-,26-,27-,29+,30-,31-/m1/s1. The van der Waals surface area contributed by atoms with Gasteiger partial charge in [-0.05, 0) is 59.2 Å². The number of carbonyl (C=O) groups is 2. The average molecular weight is 552 g/mol. The van der Waals surface area contributed by atoms with Crippen LogP contribution >= 0.6 is 0 Å². The molecule has 8 heteroatoms. The molecule has 0 amide bonds. The lowest BCUT2D eigenvalue weighted by Gasteiger charge is -2.44. The second kappa shape index (κ2) is 15.4. The van der Waals surface area contributed by atoms with Gasteiger partial charge in [0.25, 0.3) is 0 Å². The lowest BCUT2D eigenvalue weighted by molar-refractivity contribution is -0.283. The molecule has 0 bridgehead atoms. The molecular formula is C31H53NO7. The molecule has 2 heterocycles. The third-order valence-electron chi connectivity index (χ3n) is 8.51. The Morgan fingerprint density at radius 1 is 1.03 bits per heavy atom. The molecule has 1 saturated heterocycles. The van der Waals surface area contributed by atoms with Crippen molar-refractivity contribution in [1.82, 2.24) is 4.90 Å². The molecule has 0 unspecified atom stereocenters. The van der Waals surface area contributed by atoms with Crippen molar-refractivity contribution in [3.8, 4) is 0 Å². The third kappa shape index (κ3) is 9.49. The van der Waals surface area contributed by atoms with Crippen LogP contribution in [-0.4, -0.2) is 83.8 Å². The molecule has 0 spiro atoms. The Hall–Kier alpha value is -1.58. The fourth-order valence-corrected chi connectivity index (χ4v) is 5.89. The summed E-state index contributed by atoms with van der Waals surface area (Å²) in [6, 6.07) is -0.143. The van der Waals surface area contributed by atoms with Crippen molar-refractivity contribution < 1.29 is 34.0 Å². The van der Waals surface area contributed by atoms with Crippen LogP contribution < -0.4 is 0 Å². The Bertz CT molecular complexity index is 856. The predicted molar refractivity (Wildman–Crippen MR) is 152 cm³/mol. The molecule has 2 N–H and O–H groups in total. The molecular weight excluding hydrogens is 498 g/mol. The highest BCUT2D eigenvalue weighted by molar-refractivity contribution is 5.91. The maximum atomic E-state index is 13.1. The molecule has 8 nitrogen and oxygen atoms in total. The Morgan fingerprint density at radius 3 is 2.28 bits per heavy atom. The quantitative estimate of drug-likeness (QED) is 0.488. The number of allylic oxidation sites excluding steroid dienone is 3. The molecule has 0 radical (unpaired) electrons. The summed E-state index contributed by atoms with van der Waals surface area (Å²) in [5.74, 6) is -1.32. The zero-order valence-corrected chi connectivity index (χ0v) is 25.5. The van der Waals surface area contributed by atoms with Gasteiger partial charge in [0.15, 0.2) is 12.1 Å². The molecule has 11 atom stereocenters. The maximum Gasteiger partial charge on any atom is 0.308 e. The minimum Gasteiger partial charge on any atom is -0.462 e. The van der Waals surface area contributed by atoms with E-state index in [0.717, 1.165) is 5.57 Å². The van der Waals surface area contributed by atoms with Gasteiger partial charge in [-0.3, -0.25) is 9.59 Å². The molecule has 0 aliphatic carbocycles. The fourth-order valence-electron chi connectivity index (χ4n) is 5.89. The lowest BCUT2D eigenvalue weighted by Crippen LogP contribution is -2.56.